The van der Waals surface area contributed by atoms with Crippen molar-refractivity contribution in [2.75, 3.05) is 24.6 Å². The highest BCUT2D eigenvalue weighted by Crippen LogP contribution is 2.22. The minimum atomic E-state index is -0.941. The summed E-state index contributed by atoms with van der Waals surface area (Å²) in [7, 11) is 0. The zero-order chi connectivity index (χ0) is 16.8. The summed E-state index contributed by atoms with van der Waals surface area (Å²) in [6, 6.07) is 7.64. The first-order valence-electron chi connectivity index (χ1n) is 7.57. The lowest BCUT2D eigenvalue weighted by Crippen LogP contribution is -2.39. The van der Waals surface area contributed by atoms with Crippen LogP contribution in [0.5, 0.6) is 0 Å². The topological polar surface area (TPSA) is 84.9 Å². The Bertz CT molecular complexity index is 585. The second-order valence-corrected chi connectivity index (χ2v) is 5.07. The Hall–Kier alpha value is -2.57. The van der Waals surface area contributed by atoms with E-state index in [-0.39, 0.29) is 13.2 Å². The van der Waals surface area contributed by atoms with Gasteiger partial charge in [0.15, 0.2) is 0 Å². The first-order valence-corrected chi connectivity index (χ1v) is 7.57. The van der Waals surface area contributed by atoms with E-state index in [4.69, 9.17) is 4.74 Å². The summed E-state index contributed by atoms with van der Waals surface area (Å²) in [6.45, 7) is 4.18. The van der Waals surface area contributed by atoms with E-state index in [9.17, 15) is 14.4 Å². The van der Waals surface area contributed by atoms with Gasteiger partial charge in [0.25, 0.3) is 0 Å². The van der Waals surface area contributed by atoms with Crippen LogP contribution < -0.4 is 10.2 Å². The molecule has 7 heteroatoms. The first-order chi connectivity index (χ1) is 11.0. The summed E-state index contributed by atoms with van der Waals surface area (Å²) in [4.78, 5) is 36.1. The highest BCUT2D eigenvalue weighted by molar-refractivity contribution is 6.32. The number of rotatable bonds is 5. The van der Waals surface area contributed by atoms with Crippen molar-refractivity contribution in [1.29, 1.82) is 0 Å². The van der Waals surface area contributed by atoms with E-state index in [0.717, 1.165) is 12.1 Å². The Kier molecular flexibility index (Phi) is 5.56. The van der Waals surface area contributed by atoms with Gasteiger partial charge in [-0.15, -0.1) is 0 Å². The van der Waals surface area contributed by atoms with Crippen LogP contribution in [0.15, 0.2) is 24.3 Å². The van der Waals surface area contributed by atoms with E-state index in [1.54, 1.807) is 6.92 Å². The number of benzene rings is 1. The molecule has 1 unspecified atom stereocenters. The zero-order valence-corrected chi connectivity index (χ0v) is 13.2. The average Bonchev–Trinajstić information content (AvgIpc) is 2.93. The standard InChI is InChI=1S/C16H20N2O5/c1-3-11-5-7-12(8-6-11)18-10-13(23-16(18)21)9-17-14(19)15(20)22-4-2/h5-8,13H,3-4,9-10H2,1-2H3,(H,17,19). The summed E-state index contributed by atoms with van der Waals surface area (Å²) in [5.74, 6) is -1.78. The van der Waals surface area contributed by atoms with E-state index >= 15 is 0 Å². The van der Waals surface area contributed by atoms with Crippen molar-refractivity contribution < 1.29 is 23.9 Å². The molecule has 1 aromatic rings. The summed E-state index contributed by atoms with van der Waals surface area (Å²) < 4.78 is 9.78. The van der Waals surface area contributed by atoms with Gasteiger partial charge in [0.05, 0.1) is 19.7 Å². The third kappa shape index (κ3) is 4.21. The first kappa shape index (κ1) is 16.8. The van der Waals surface area contributed by atoms with Gasteiger partial charge in [0, 0.05) is 5.69 Å². The second kappa shape index (κ2) is 7.62. The van der Waals surface area contributed by atoms with Gasteiger partial charge < -0.3 is 14.8 Å². The lowest BCUT2D eigenvalue weighted by Gasteiger charge is -2.13. The number of carbonyl (C=O) groups excluding carboxylic acids is 3. The highest BCUT2D eigenvalue weighted by Gasteiger charge is 2.32. The van der Waals surface area contributed by atoms with Gasteiger partial charge in [0.2, 0.25) is 0 Å². The largest absolute Gasteiger partial charge is 0.459 e. The Morgan fingerprint density at radius 2 is 2.00 bits per heavy atom. The van der Waals surface area contributed by atoms with Crippen molar-refractivity contribution in [3.8, 4) is 0 Å². The van der Waals surface area contributed by atoms with Crippen LogP contribution in [-0.2, 0) is 25.5 Å². The number of nitrogens with one attached hydrogen (secondary N) is 1. The van der Waals surface area contributed by atoms with Gasteiger partial charge in [-0.2, -0.15) is 0 Å². The molecule has 2 rings (SSSR count). The lowest BCUT2D eigenvalue weighted by molar-refractivity contribution is -0.154. The number of aryl methyl sites for hydroxylation is 1. The van der Waals surface area contributed by atoms with Crippen molar-refractivity contribution in [1.82, 2.24) is 5.32 Å². The molecule has 0 saturated carbocycles. The molecule has 1 aliphatic rings. The number of hydrogen-bond donors (Lipinski definition) is 1. The van der Waals surface area contributed by atoms with Crippen molar-refractivity contribution in [2.45, 2.75) is 26.4 Å². The van der Waals surface area contributed by atoms with Crippen LogP contribution in [0.25, 0.3) is 0 Å². The molecule has 1 aliphatic heterocycles. The van der Waals surface area contributed by atoms with E-state index < -0.39 is 24.1 Å². The number of nitrogens with zero attached hydrogens (tertiary/aromatic N) is 1. The summed E-state index contributed by atoms with van der Waals surface area (Å²) in [5.41, 5.74) is 1.92. The van der Waals surface area contributed by atoms with Gasteiger partial charge >= 0.3 is 18.0 Å². The fourth-order valence-electron chi connectivity index (χ4n) is 2.23. The number of hydrogen-bond acceptors (Lipinski definition) is 5. The Labute approximate surface area is 134 Å². The SMILES string of the molecule is CCOC(=O)C(=O)NCC1CN(c2ccc(CC)cc2)C(=O)O1. The third-order valence-corrected chi connectivity index (χ3v) is 3.48. The predicted molar refractivity (Wildman–Crippen MR) is 83.1 cm³/mol. The molecule has 124 valence electrons. The minimum absolute atomic E-state index is 0.0624. The predicted octanol–water partition coefficient (Wildman–Crippen LogP) is 1.25. The van der Waals surface area contributed by atoms with Crippen LogP contribution in [-0.4, -0.2) is 43.8 Å². The quantitative estimate of drug-likeness (QED) is 0.652. The van der Waals surface area contributed by atoms with Crippen LogP contribution in [0, 0.1) is 0 Å². The van der Waals surface area contributed by atoms with Crippen molar-refractivity contribution in [3.63, 3.8) is 0 Å². The maximum Gasteiger partial charge on any atom is 0.414 e. The smallest absolute Gasteiger partial charge is 0.414 e. The number of anilines is 1. The van der Waals surface area contributed by atoms with Crippen molar-refractivity contribution in [3.05, 3.63) is 29.8 Å². The van der Waals surface area contributed by atoms with E-state index in [1.165, 1.54) is 10.5 Å². The van der Waals surface area contributed by atoms with Crippen LogP contribution in [0.4, 0.5) is 10.5 Å². The van der Waals surface area contributed by atoms with Crippen LogP contribution in [0.1, 0.15) is 19.4 Å². The Morgan fingerprint density at radius 1 is 1.30 bits per heavy atom. The summed E-state index contributed by atoms with van der Waals surface area (Å²) in [5, 5.41) is 2.40. The van der Waals surface area contributed by atoms with E-state index in [1.807, 2.05) is 24.3 Å². The molecule has 1 heterocycles. The van der Waals surface area contributed by atoms with Gasteiger partial charge in [-0.05, 0) is 31.0 Å². The molecular weight excluding hydrogens is 300 g/mol. The fraction of sp³-hybridized carbons (Fsp3) is 0.438. The molecule has 0 aliphatic carbocycles. The minimum Gasteiger partial charge on any atom is -0.459 e. The molecule has 2 amide bonds. The van der Waals surface area contributed by atoms with Crippen LogP contribution in [0.2, 0.25) is 0 Å². The maximum atomic E-state index is 11.9. The number of ether oxygens (including phenoxy) is 2. The second-order valence-electron chi connectivity index (χ2n) is 5.07. The maximum absolute atomic E-state index is 11.9. The molecule has 1 N–H and O–H groups in total. The van der Waals surface area contributed by atoms with Crippen LogP contribution in [0.3, 0.4) is 0 Å². The number of amides is 2. The van der Waals surface area contributed by atoms with Crippen LogP contribution >= 0.6 is 0 Å². The normalized spacial score (nSPS) is 16.9. The number of cyclic esters (lactones) is 1. The molecule has 1 fully saturated rings. The number of esters is 1. The van der Waals surface area contributed by atoms with Gasteiger partial charge in [-0.1, -0.05) is 19.1 Å². The Morgan fingerprint density at radius 3 is 2.61 bits per heavy atom. The summed E-state index contributed by atoms with van der Waals surface area (Å²) >= 11 is 0. The molecule has 1 atom stereocenters. The molecule has 1 saturated heterocycles. The third-order valence-electron chi connectivity index (χ3n) is 3.48. The van der Waals surface area contributed by atoms with Crippen molar-refractivity contribution >= 4 is 23.7 Å². The fourth-order valence-corrected chi connectivity index (χ4v) is 2.23. The molecule has 7 nitrogen and oxygen atoms in total. The molecule has 1 aromatic carbocycles. The molecule has 0 radical (unpaired) electrons. The van der Waals surface area contributed by atoms with Crippen molar-refractivity contribution in [2.24, 2.45) is 0 Å². The number of carbonyl (C=O) groups is 3. The molecule has 23 heavy (non-hydrogen) atoms. The molecular formula is C16H20N2O5. The zero-order valence-electron chi connectivity index (χ0n) is 13.2. The molecule has 0 bridgehead atoms. The monoisotopic (exact) mass is 320 g/mol. The lowest BCUT2D eigenvalue weighted by atomic mass is 10.1. The molecule has 0 spiro atoms. The molecule has 0 aromatic heterocycles. The van der Waals surface area contributed by atoms with E-state index in [0.29, 0.717) is 6.54 Å². The van der Waals surface area contributed by atoms with Gasteiger partial charge in [0.1, 0.15) is 6.10 Å². The summed E-state index contributed by atoms with van der Waals surface area (Å²) in [6.07, 6.45) is -0.0517. The Balaban J connectivity index is 1.89. The highest BCUT2D eigenvalue weighted by atomic mass is 16.6. The van der Waals surface area contributed by atoms with Gasteiger partial charge in [-0.3, -0.25) is 9.69 Å². The van der Waals surface area contributed by atoms with E-state index in [2.05, 4.69) is 17.0 Å². The van der Waals surface area contributed by atoms with Gasteiger partial charge in [-0.25, -0.2) is 9.59 Å². The average molecular weight is 320 g/mol.